The molecule has 6 nitrogen and oxygen atoms in total. The zero-order valence-electron chi connectivity index (χ0n) is 13.8. The van der Waals surface area contributed by atoms with Gasteiger partial charge in [0.2, 0.25) is 5.91 Å². The summed E-state index contributed by atoms with van der Waals surface area (Å²) in [6.07, 6.45) is 1.92. The molecule has 0 unspecified atom stereocenters. The third-order valence-corrected chi connectivity index (χ3v) is 3.84. The van der Waals surface area contributed by atoms with Gasteiger partial charge in [-0.1, -0.05) is 0 Å². The van der Waals surface area contributed by atoms with Crippen LogP contribution < -0.4 is 10.6 Å². The van der Waals surface area contributed by atoms with Crippen LogP contribution in [0.5, 0.6) is 0 Å². The summed E-state index contributed by atoms with van der Waals surface area (Å²) in [5.41, 5.74) is 4.50. The first kappa shape index (κ1) is 15.7. The number of imidazole rings is 1. The molecular weight excluding hydrogens is 304 g/mol. The van der Waals surface area contributed by atoms with E-state index in [1.165, 1.54) is 6.92 Å². The van der Waals surface area contributed by atoms with E-state index in [2.05, 4.69) is 15.6 Å². The Kier molecular flexibility index (Phi) is 4.04. The maximum atomic E-state index is 12.4. The van der Waals surface area contributed by atoms with Gasteiger partial charge in [0.05, 0.1) is 11.4 Å². The van der Waals surface area contributed by atoms with Gasteiger partial charge in [0.25, 0.3) is 5.91 Å². The summed E-state index contributed by atoms with van der Waals surface area (Å²) in [5, 5.41) is 5.56. The first-order valence-corrected chi connectivity index (χ1v) is 7.59. The molecule has 0 saturated carbocycles. The molecule has 122 valence electrons. The van der Waals surface area contributed by atoms with Crippen molar-refractivity contribution in [1.82, 2.24) is 9.38 Å². The van der Waals surface area contributed by atoms with Crippen LogP contribution in [-0.2, 0) is 4.79 Å². The second kappa shape index (κ2) is 6.16. The number of anilines is 2. The molecule has 3 rings (SSSR count). The molecule has 0 radical (unpaired) electrons. The minimum absolute atomic E-state index is 0.149. The van der Waals surface area contributed by atoms with Crippen LogP contribution in [0, 0.1) is 13.8 Å². The van der Waals surface area contributed by atoms with Crippen LogP contribution in [0.2, 0.25) is 0 Å². The van der Waals surface area contributed by atoms with E-state index >= 15 is 0 Å². The summed E-state index contributed by atoms with van der Waals surface area (Å²) < 4.78 is 1.95. The van der Waals surface area contributed by atoms with Crippen molar-refractivity contribution < 1.29 is 9.59 Å². The fraction of sp³-hybridized carbons (Fsp3) is 0.167. The maximum Gasteiger partial charge on any atom is 0.255 e. The normalized spacial score (nSPS) is 10.6. The second-order valence-electron chi connectivity index (χ2n) is 5.61. The number of fused-ring (bicyclic) bond motifs is 1. The van der Waals surface area contributed by atoms with Gasteiger partial charge in [-0.2, -0.15) is 0 Å². The molecule has 6 heteroatoms. The number of nitrogens with one attached hydrogen (secondary N) is 2. The average molecular weight is 322 g/mol. The summed E-state index contributed by atoms with van der Waals surface area (Å²) in [5.74, 6) is -0.375. The maximum absolute atomic E-state index is 12.4. The molecule has 1 aromatic carbocycles. The predicted octanol–water partition coefficient (Wildman–Crippen LogP) is 3.16. The van der Waals surface area contributed by atoms with E-state index in [-0.39, 0.29) is 11.8 Å². The van der Waals surface area contributed by atoms with Crippen LogP contribution in [0.4, 0.5) is 11.4 Å². The number of carbonyl (C=O) groups excluding carboxylic acids is 2. The van der Waals surface area contributed by atoms with E-state index < -0.39 is 0 Å². The molecule has 2 N–H and O–H groups in total. The first-order valence-electron chi connectivity index (χ1n) is 7.59. The minimum Gasteiger partial charge on any atom is -0.326 e. The summed E-state index contributed by atoms with van der Waals surface area (Å²) in [7, 11) is 0. The SMILES string of the molecule is CC(=O)Nc1ccc(C(=O)Nc2cccn3c(C)c(C)nc23)cc1. The third-order valence-electron chi connectivity index (χ3n) is 3.84. The number of benzene rings is 1. The molecule has 0 aliphatic carbocycles. The van der Waals surface area contributed by atoms with Crippen molar-refractivity contribution in [3.63, 3.8) is 0 Å². The number of rotatable bonds is 3. The smallest absolute Gasteiger partial charge is 0.255 e. The topological polar surface area (TPSA) is 75.5 Å². The molecule has 0 saturated heterocycles. The molecular formula is C18H18N4O2. The van der Waals surface area contributed by atoms with Gasteiger partial charge in [-0.3, -0.25) is 9.59 Å². The number of hydrogen-bond donors (Lipinski definition) is 2. The largest absolute Gasteiger partial charge is 0.326 e. The highest BCUT2D eigenvalue weighted by Crippen LogP contribution is 2.20. The van der Waals surface area contributed by atoms with Crippen molar-refractivity contribution in [2.75, 3.05) is 10.6 Å². The van der Waals surface area contributed by atoms with Crippen LogP contribution in [-0.4, -0.2) is 21.2 Å². The van der Waals surface area contributed by atoms with Crippen molar-refractivity contribution in [3.05, 3.63) is 59.5 Å². The van der Waals surface area contributed by atoms with Gasteiger partial charge < -0.3 is 15.0 Å². The van der Waals surface area contributed by atoms with Gasteiger partial charge in [0.15, 0.2) is 5.65 Å². The molecule has 0 fully saturated rings. The Labute approximate surface area is 139 Å². The van der Waals surface area contributed by atoms with Crippen molar-refractivity contribution >= 4 is 28.8 Å². The average Bonchev–Trinajstić information content (AvgIpc) is 2.84. The molecule has 3 aromatic rings. The lowest BCUT2D eigenvalue weighted by atomic mass is 10.2. The number of aromatic nitrogens is 2. The van der Waals surface area contributed by atoms with Crippen LogP contribution in [0.1, 0.15) is 28.7 Å². The highest BCUT2D eigenvalue weighted by Gasteiger charge is 2.12. The number of amides is 2. The lowest BCUT2D eigenvalue weighted by molar-refractivity contribution is -0.114. The Bertz CT molecular complexity index is 926. The quantitative estimate of drug-likeness (QED) is 0.778. The van der Waals surface area contributed by atoms with Gasteiger partial charge in [0.1, 0.15) is 0 Å². The lowest BCUT2D eigenvalue weighted by Gasteiger charge is -2.08. The van der Waals surface area contributed by atoms with Gasteiger partial charge in [-0.05, 0) is 50.2 Å². The molecule has 0 atom stereocenters. The van der Waals surface area contributed by atoms with Crippen LogP contribution in [0.15, 0.2) is 42.6 Å². The number of pyridine rings is 1. The van der Waals surface area contributed by atoms with Crippen LogP contribution >= 0.6 is 0 Å². The van der Waals surface area contributed by atoms with Gasteiger partial charge in [0, 0.05) is 30.1 Å². The summed E-state index contributed by atoms with van der Waals surface area (Å²) >= 11 is 0. The van der Waals surface area contributed by atoms with E-state index in [0.717, 1.165) is 17.0 Å². The zero-order chi connectivity index (χ0) is 17.3. The highest BCUT2D eigenvalue weighted by molar-refractivity contribution is 6.06. The van der Waals surface area contributed by atoms with E-state index in [0.29, 0.717) is 16.9 Å². The predicted molar refractivity (Wildman–Crippen MR) is 93.4 cm³/mol. The molecule has 0 spiro atoms. The van der Waals surface area contributed by atoms with Gasteiger partial charge in [-0.15, -0.1) is 0 Å². The van der Waals surface area contributed by atoms with E-state index in [9.17, 15) is 9.59 Å². The number of hydrogen-bond acceptors (Lipinski definition) is 3. The molecule has 2 aromatic heterocycles. The van der Waals surface area contributed by atoms with E-state index in [1.807, 2.05) is 36.6 Å². The molecule has 0 bridgehead atoms. The van der Waals surface area contributed by atoms with Crippen LogP contribution in [0.25, 0.3) is 5.65 Å². The molecule has 24 heavy (non-hydrogen) atoms. The third kappa shape index (κ3) is 2.99. The lowest BCUT2D eigenvalue weighted by Crippen LogP contribution is -2.13. The van der Waals surface area contributed by atoms with E-state index in [4.69, 9.17) is 0 Å². The van der Waals surface area contributed by atoms with Gasteiger partial charge in [-0.25, -0.2) is 4.98 Å². The van der Waals surface area contributed by atoms with Crippen molar-refractivity contribution in [3.8, 4) is 0 Å². The Morgan fingerprint density at radius 2 is 1.75 bits per heavy atom. The van der Waals surface area contributed by atoms with E-state index in [1.54, 1.807) is 24.3 Å². The Hall–Kier alpha value is -3.15. The number of carbonyl (C=O) groups is 2. The molecule has 2 heterocycles. The summed E-state index contributed by atoms with van der Waals surface area (Å²) in [6.45, 7) is 5.37. The highest BCUT2D eigenvalue weighted by atomic mass is 16.2. The van der Waals surface area contributed by atoms with Crippen molar-refractivity contribution in [2.45, 2.75) is 20.8 Å². The molecule has 0 aliphatic rings. The number of nitrogens with zero attached hydrogens (tertiary/aromatic N) is 2. The zero-order valence-corrected chi connectivity index (χ0v) is 13.8. The standard InChI is InChI=1S/C18H18N4O2/c1-11-12(2)22-10-4-5-16(17(22)19-11)21-18(24)14-6-8-15(9-7-14)20-13(3)23/h4-10H,1-3H3,(H,20,23)(H,21,24). The monoisotopic (exact) mass is 322 g/mol. The Morgan fingerprint density at radius 1 is 1.04 bits per heavy atom. The molecule has 2 amide bonds. The first-order chi connectivity index (χ1) is 11.5. The summed E-state index contributed by atoms with van der Waals surface area (Å²) in [6, 6.07) is 10.4. The van der Waals surface area contributed by atoms with Gasteiger partial charge >= 0.3 is 0 Å². The minimum atomic E-state index is -0.226. The van der Waals surface area contributed by atoms with Crippen LogP contribution in [0.3, 0.4) is 0 Å². The fourth-order valence-electron chi connectivity index (χ4n) is 2.50. The Balaban J connectivity index is 1.85. The second-order valence-corrected chi connectivity index (χ2v) is 5.61. The van der Waals surface area contributed by atoms with Crippen molar-refractivity contribution in [1.29, 1.82) is 0 Å². The number of aryl methyl sites for hydroxylation is 2. The van der Waals surface area contributed by atoms with Crippen molar-refractivity contribution in [2.24, 2.45) is 0 Å². The fourth-order valence-corrected chi connectivity index (χ4v) is 2.50. The summed E-state index contributed by atoms with van der Waals surface area (Å²) in [4.78, 5) is 28.0. The Morgan fingerprint density at radius 3 is 2.42 bits per heavy atom. The molecule has 0 aliphatic heterocycles.